The van der Waals surface area contributed by atoms with E-state index in [1.54, 1.807) is 42.7 Å². The van der Waals surface area contributed by atoms with E-state index in [0.717, 1.165) is 24.0 Å². The van der Waals surface area contributed by atoms with Gasteiger partial charge in [0.15, 0.2) is 5.69 Å². The van der Waals surface area contributed by atoms with Crippen LogP contribution in [0, 0.1) is 5.82 Å². The summed E-state index contributed by atoms with van der Waals surface area (Å²) in [7, 11) is 0. The Hall–Kier alpha value is -4.73. The van der Waals surface area contributed by atoms with Gasteiger partial charge in [-0.05, 0) is 49.1 Å². The lowest BCUT2D eigenvalue weighted by molar-refractivity contribution is -0.137. The Labute approximate surface area is 205 Å². The van der Waals surface area contributed by atoms with Gasteiger partial charge in [-0.1, -0.05) is 46.8 Å². The molecule has 1 N–H and O–H groups in total. The SMILES string of the molecule is O=C(O)CCCCc1ccc(-c2noc(-c3nnn(-c4ccccc4F)c3-c3ccncc3)n2)cc1. The van der Waals surface area contributed by atoms with Crippen LogP contribution in [0.3, 0.4) is 0 Å². The van der Waals surface area contributed by atoms with Crippen LogP contribution in [-0.2, 0) is 11.2 Å². The van der Waals surface area contributed by atoms with Crippen LogP contribution >= 0.6 is 0 Å². The highest BCUT2D eigenvalue weighted by Crippen LogP contribution is 2.32. The Bertz CT molecular complexity index is 1480. The van der Waals surface area contributed by atoms with Gasteiger partial charge in [0.25, 0.3) is 5.89 Å². The summed E-state index contributed by atoms with van der Waals surface area (Å²) in [6.45, 7) is 0. The molecule has 5 rings (SSSR count). The predicted octanol–water partition coefficient (Wildman–Crippen LogP) is 4.98. The summed E-state index contributed by atoms with van der Waals surface area (Å²) in [6, 6.07) is 17.5. The quantitative estimate of drug-likeness (QED) is 0.291. The number of aryl methyl sites for hydroxylation is 1. The van der Waals surface area contributed by atoms with Crippen molar-refractivity contribution in [1.29, 1.82) is 0 Å². The number of unbranched alkanes of at least 4 members (excludes halogenated alkanes) is 1. The Kier molecular flexibility index (Phi) is 6.57. The van der Waals surface area contributed by atoms with E-state index >= 15 is 0 Å². The summed E-state index contributed by atoms with van der Waals surface area (Å²) in [6.07, 6.45) is 5.65. The van der Waals surface area contributed by atoms with E-state index in [4.69, 9.17) is 9.63 Å². The lowest BCUT2D eigenvalue weighted by Gasteiger charge is -2.08. The van der Waals surface area contributed by atoms with Gasteiger partial charge < -0.3 is 9.63 Å². The minimum Gasteiger partial charge on any atom is -0.481 e. The molecule has 0 atom stereocenters. The number of para-hydroxylation sites is 1. The summed E-state index contributed by atoms with van der Waals surface area (Å²) in [5, 5.41) is 21.3. The monoisotopic (exact) mass is 484 g/mol. The first-order chi connectivity index (χ1) is 17.6. The molecule has 36 heavy (non-hydrogen) atoms. The average Bonchev–Trinajstić information content (AvgIpc) is 3.55. The van der Waals surface area contributed by atoms with Crippen LogP contribution in [-0.4, -0.2) is 41.2 Å². The van der Waals surface area contributed by atoms with Crippen molar-refractivity contribution < 1.29 is 18.8 Å². The van der Waals surface area contributed by atoms with Crippen molar-refractivity contribution in [3.05, 3.63) is 84.4 Å². The van der Waals surface area contributed by atoms with Gasteiger partial charge in [0.05, 0.1) is 0 Å². The second-order valence-corrected chi connectivity index (χ2v) is 8.11. The van der Waals surface area contributed by atoms with Gasteiger partial charge in [0.1, 0.15) is 17.2 Å². The van der Waals surface area contributed by atoms with Gasteiger partial charge in [-0.3, -0.25) is 9.78 Å². The van der Waals surface area contributed by atoms with Crippen LogP contribution in [0.4, 0.5) is 4.39 Å². The fourth-order valence-corrected chi connectivity index (χ4v) is 3.85. The summed E-state index contributed by atoms with van der Waals surface area (Å²) in [5.41, 5.74) is 3.61. The molecule has 0 aliphatic heterocycles. The van der Waals surface area contributed by atoms with Crippen molar-refractivity contribution in [2.24, 2.45) is 0 Å². The third-order valence-corrected chi connectivity index (χ3v) is 5.65. The Morgan fingerprint density at radius 1 is 0.972 bits per heavy atom. The fourth-order valence-electron chi connectivity index (χ4n) is 3.85. The highest BCUT2D eigenvalue weighted by Gasteiger charge is 2.24. The molecule has 0 saturated carbocycles. The number of pyridine rings is 1. The van der Waals surface area contributed by atoms with Gasteiger partial charge >= 0.3 is 5.97 Å². The van der Waals surface area contributed by atoms with E-state index in [2.05, 4.69) is 25.4 Å². The number of carboxylic acids is 1. The number of hydrogen-bond donors (Lipinski definition) is 1. The van der Waals surface area contributed by atoms with Crippen molar-refractivity contribution in [3.63, 3.8) is 0 Å². The summed E-state index contributed by atoms with van der Waals surface area (Å²) in [4.78, 5) is 19.2. The van der Waals surface area contributed by atoms with Crippen LogP contribution in [0.5, 0.6) is 0 Å². The topological polar surface area (TPSA) is 120 Å². The smallest absolute Gasteiger partial charge is 0.303 e. The van der Waals surface area contributed by atoms with E-state index < -0.39 is 11.8 Å². The highest BCUT2D eigenvalue weighted by atomic mass is 19.1. The Morgan fingerprint density at radius 2 is 1.75 bits per heavy atom. The molecule has 0 saturated heterocycles. The van der Waals surface area contributed by atoms with Crippen LogP contribution in [0.2, 0.25) is 0 Å². The van der Waals surface area contributed by atoms with E-state index in [0.29, 0.717) is 29.2 Å². The number of carboxylic acid groups (broad SMARTS) is 1. The number of halogens is 1. The lowest BCUT2D eigenvalue weighted by atomic mass is 10.0. The van der Waals surface area contributed by atoms with Crippen molar-refractivity contribution >= 4 is 5.97 Å². The first-order valence-electron chi connectivity index (χ1n) is 11.4. The summed E-state index contributed by atoms with van der Waals surface area (Å²) < 4.78 is 21.5. The predicted molar refractivity (Wildman–Crippen MR) is 128 cm³/mol. The molecule has 2 aromatic carbocycles. The summed E-state index contributed by atoms with van der Waals surface area (Å²) >= 11 is 0. The molecule has 0 unspecified atom stereocenters. The van der Waals surface area contributed by atoms with Gasteiger partial charge in [-0.15, -0.1) is 5.10 Å². The second-order valence-electron chi connectivity index (χ2n) is 8.11. The second kappa shape index (κ2) is 10.3. The zero-order valence-electron chi connectivity index (χ0n) is 19.1. The number of carbonyl (C=O) groups is 1. The van der Waals surface area contributed by atoms with Crippen LogP contribution < -0.4 is 0 Å². The third-order valence-electron chi connectivity index (χ3n) is 5.65. The zero-order valence-corrected chi connectivity index (χ0v) is 19.1. The van der Waals surface area contributed by atoms with Gasteiger partial charge in [-0.2, -0.15) is 4.98 Å². The molecule has 0 spiro atoms. The maximum atomic E-state index is 14.6. The molecular formula is C26H21FN6O3. The fraction of sp³-hybridized carbons (Fsp3) is 0.154. The van der Waals surface area contributed by atoms with Crippen molar-refractivity contribution in [3.8, 4) is 39.9 Å². The molecule has 3 aromatic heterocycles. The number of rotatable bonds is 9. The zero-order chi connectivity index (χ0) is 24.9. The Morgan fingerprint density at radius 3 is 2.50 bits per heavy atom. The van der Waals surface area contributed by atoms with E-state index in [1.807, 2.05) is 24.3 Å². The molecule has 0 radical (unpaired) electrons. The van der Waals surface area contributed by atoms with Crippen molar-refractivity contribution in [2.45, 2.75) is 25.7 Å². The first kappa shape index (κ1) is 23.0. The third kappa shape index (κ3) is 4.88. The number of nitrogens with zero attached hydrogens (tertiary/aromatic N) is 6. The maximum absolute atomic E-state index is 14.6. The Balaban J connectivity index is 1.44. The molecule has 180 valence electrons. The van der Waals surface area contributed by atoms with Crippen LogP contribution in [0.25, 0.3) is 39.9 Å². The van der Waals surface area contributed by atoms with Crippen LogP contribution in [0.1, 0.15) is 24.8 Å². The van der Waals surface area contributed by atoms with Gasteiger partial charge in [-0.25, -0.2) is 9.07 Å². The average molecular weight is 484 g/mol. The molecule has 0 aliphatic carbocycles. The van der Waals surface area contributed by atoms with E-state index in [9.17, 15) is 9.18 Å². The van der Waals surface area contributed by atoms with Crippen molar-refractivity contribution in [1.82, 2.24) is 30.1 Å². The molecule has 0 aliphatic rings. The number of benzene rings is 2. The molecule has 5 aromatic rings. The molecule has 3 heterocycles. The number of aliphatic carboxylic acids is 1. The van der Waals surface area contributed by atoms with E-state index in [1.165, 1.54) is 10.7 Å². The lowest BCUT2D eigenvalue weighted by Crippen LogP contribution is -2.02. The van der Waals surface area contributed by atoms with E-state index in [-0.39, 0.29) is 18.0 Å². The van der Waals surface area contributed by atoms with Gasteiger partial charge in [0.2, 0.25) is 5.82 Å². The van der Waals surface area contributed by atoms with Crippen molar-refractivity contribution in [2.75, 3.05) is 0 Å². The normalized spacial score (nSPS) is 11.0. The minimum absolute atomic E-state index is 0.150. The molecule has 0 amide bonds. The standard InChI is InChI=1S/C26H21FN6O3/c27-20-6-2-3-7-21(20)33-24(18-13-15-28-16-14-18)23(30-32-33)26-29-25(31-36-26)19-11-9-17(10-12-19)5-1-4-8-22(34)35/h2-3,6-7,9-16H,1,4-5,8H2,(H,34,35). The minimum atomic E-state index is -0.778. The molecule has 0 fully saturated rings. The molecular weight excluding hydrogens is 463 g/mol. The maximum Gasteiger partial charge on any atom is 0.303 e. The molecule has 10 heteroatoms. The molecule has 0 bridgehead atoms. The largest absolute Gasteiger partial charge is 0.481 e. The highest BCUT2D eigenvalue weighted by molar-refractivity contribution is 5.76. The first-order valence-corrected chi connectivity index (χ1v) is 11.4. The number of hydrogen-bond acceptors (Lipinski definition) is 7. The number of aromatic nitrogens is 6. The van der Waals surface area contributed by atoms with Gasteiger partial charge in [0, 0.05) is 29.9 Å². The summed E-state index contributed by atoms with van der Waals surface area (Å²) in [5.74, 6) is -0.696. The molecule has 9 nitrogen and oxygen atoms in total. The van der Waals surface area contributed by atoms with Crippen LogP contribution in [0.15, 0.2) is 77.6 Å².